The molecule has 0 radical (unpaired) electrons. The molecule has 0 aromatic heterocycles. The summed E-state index contributed by atoms with van der Waals surface area (Å²) in [6.45, 7) is 0. The van der Waals surface area contributed by atoms with Gasteiger partial charge in [0.1, 0.15) is 0 Å². The monoisotopic (exact) mass is 406 g/mol. The fraction of sp³-hybridized carbons (Fsp3) is 1.00. The molecule has 4 aliphatic carbocycles. The lowest BCUT2D eigenvalue weighted by Crippen LogP contribution is -3.04. The van der Waals surface area contributed by atoms with Gasteiger partial charge in [-0.2, -0.15) is 26.3 Å². The largest absolute Gasteiger partial charge is 0.339 e. The summed E-state index contributed by atoms with van der Waals surface area (Å²) in [7, 11) is 0. The quantitative estimate of drug-likeness (QED) is 0.517. The average molecular weight is 406 g/mol. The highest BCUT2D eigenvalue weighted by atomic mass is 19.3. The van der Waals surface area contributed by atoms with E-state index >= 15 is 0 Å². The molecule has 0 aromatic carbocycles. The zero-order chi connectivity index (χ0) is 20.1. The van der Waals surface area contributed by atoms with E-state index in [2.05, 4.69) is 0 Å². The summed E-state index contributed by atoms with van der Waals surface area (Å²) in [5.74, 6) is -50.4. The molecule has 4 saturated carbocycles. The normalized spacial score (nSPS) is 52.2. The van der Waals surface area contributed by atoms with Crippen molar-refractivity contribution in [3.8, 4) is 0 Å². The molecule has 0 amide bonds. The van der Waals surface area contributed by atoms with E-state index < -0.39 is 58.5 Å². The molecule has 4 rings (SSSR count). The van der Waals surface area contributed by atoms with Gasteiger partial charge in [-0.05, 0) is 0 Å². The molecular weight excluding hydrogens is 405 g/mol. The van der Waals surface area contributed by atoms with Gasteiger partial charge in [0.2, 0.25) is 0 Å². The molecule has 0 atom stereocenters. The number of hydrogen-bond donors (Lipinski definition) is 0. The van der Waals surface area contributed by atoms with Gasteiger partial charge in [-0.25, -0.2) is 39.5 Å². The predicted molar refractivity (Wildman–Crippen MR) is 44.7 cm³/mol. The van der Waals surface area contributed by atoms with E-state index in [0.29, 0.717) is 0 Å². The van der Waals surface area contributed by atoms with Gasteiger partial charge in [-0.15, -0.1) is 0 Å². The second-order valence-electron chi connectivity index (χ2n) is 6.00. The molecule has 0 N–H and O–H groups in total. The molecule has 146 valence electrons. The fourth-order valence-corrected chi connectivity index (χ4v) is 3.84. The smallest absolute Gasteiger partial charge is 0.223 e. The van der Waals surface area contributed by atoms with E-state index in [0.717, 1.165) is 0 Å². The topological polar surface area (TPSA) is 0 Å². The van der Waals surface area contributed by atoms with Crippen LogP contribution in [0.2, 0.25) is 0 Å². The minimum atomic E-state index is -7.65. The van der Waals surface area contributed by atoms with E-state index in [1.165, 1.54) is 0 Å². The maximum Gasteiger partial charge on any atom is 0.339 e. The first-order valence-electron chi connectivity index (χ1n) is 5.95. The van der Waals surface area contributed by atoms with Gasteiger partial charge < -0.3 is 0 Å². The van der Waals surface area contributed by atoms with Gasteiger partial charge in [0, 0.05) is 0 Å². The van der Waals surface area contributed by atoms with Crippen LogP contribution in [0.1, 0.15) is 0 Å². The summed E-state index contributed by atoms with van der Waals surface area (Å²) in [5, 5.41) is 0. The molecule has 0 spiro atoms. The van der Waals surface area contributed by atoms with Crippen LogP contribution in [0, 0.1) is 5.92 Å². The highest BCUT2D eigenvalue weighted by Gasteiger charge is 3.19. The standard InChI is InChI=1S/C10HF15/c11-2(12)1-3(13,14)6(18)8(20,21)5(2,17)9(22,23)7(19,4(1,15)16)10(6,24)25/h1H. The first kappa shape index (κ1) is 18.7. The summed E-state index contributed by atoms with van der Waals surface area (Å²) in [4.78, 5) is 0. The zero-order valence-electron chi connectivity index (χ0n) is 10.7. The van der Waals surface area contributed by atoms with Crippen molar-refractivity contribution in [3.63, 3.8) is 0 Å². The highest BCUT2D eigenvalue weighted by Crippen LogP contribution is 2.87. The lowest BCUT2D eigenvalue weighted by molar-refractivity contribution is -0.588. The van der Waals surface area contributed by atoms with E-state index in [9.17, 15) is 65.9 Å². The maximum absolute atomic E-state index is 14.0. The first-order valence-corrected chi connectivity index (χ1v) is 5.95. The highest BCUT2D eigenvalue weighted by molar-refractivity contribution is 5.49. The van der Waals surface area contributed by atoms with Crippen molar-refractivity contribution < 1.29 is 65.9 Å². The van der Waals surface area contributed by atoms with Crippen molar-refractivity contribution in [2.45, 2.75) is 52.5 Å². The van der Waals surface area contributed by atoms with Crippen LogP contribution < -0.4 is 0 Å². The fourth-order valence-electron chi connectivity index (χ4n) is 3.84. The molecule has 4 aliphatic rings. The zero-order valence-corrected chi connectivity index (χ0v) is 10.7. The van der Waals surface area contributed by atoms with E-state index in [4.69, 9.17) is 0 Å². The van der Waals surface area contributed by atoms with Crippen LogP contribution in [-0.2, 0) is 0 Å². The van der Waals surface area contributed by atoms with E-state index in [1.54, 1.807) is 0 Å². The molecule has 0 aliphatic heterocycles. The van der Waals surface area contributed by atoms with Crippen molar-refractivity contribution in [1.29, 1.82) is 0 Å². The van der Waals surface area contributed by atoms with Crippen LogP contribution in [0.25, 0.3) is 0 Å². The Hall–Kier alpha value is -1.05. The number of rotatable bonds is 0. The van der Waals surface area contributed by atoms with Gasteiger partial charge in [0.05, 0.1) is 0 Å². The molecular formula is C10HF15. The molecule has 0 heterocycles. The Morgan fingerprint density at radius 3 is 0.640 bits per heavy atom. The summed E-state index contributed by atoms with van der Waals surface area (Å²) in [6.07, 6.45) is 0. The van der Waals surface area contributed by atoms with Crippen molar-refractivity contribution in [3.05, 3.63) is 0 Å². The van der Waals surface area contributed by atoms with Crippen molar-refractivity contribution >= 4 is 0 Å². The summed E-state index contributed by atoms with van der Waals surface area (Å²) in [6, 6.07) is 0. The van der Waals surface area contributed by atoms with E-state index in [-0.39, 0.29) is 0 Å². The molecule has 15 heteroatoms. The van der Waals surface area contributed by atoms with Gasteiger partial charge >= 0.3 is 52.5 Å². The Labute approximate surface area is 125 Å². The second kappa shape index (κ2) is 3.53. The van der Waals surface area contributed by atoms with Crippen LogP contribution in [0.4, 0.5) is 65.9 Å². The van der Waals surface area contributed by atoms with Crippen LogP contribution >= 0.6 is 0 Å². The van der Waals surface area contributed by atoms with Gasteiger partial charge in [-0.1, -0.05) is 0 Å². The van der Waals surface area contributed by atoms with Crippen LogP contribution in [0.5, 0.6) is 0 Å². The summed E-state index contributed by atoms with van der Waals surface area (Å²) < 4.78 is 205. The molecule has 4 bridgehead atoms. The van der Waals surface area contributed by atoms with Crippen molar-refractivity contribution in [2.75, 3.05) is 0 Å². The number of halogens is 15. The average Bonchev–Trinajstić information content (AvgIpc) is 2.38. The van der Waals surface area contributed by atoms with Crippen molar-refractivity contribution in [1.82, 2.24) is 0 Å². The SMILES string of the molecule is FC1(F)C2C(F)(F)C3(F)C(F)(F)C1(F)C(F)(F)C(F)(C2(F)F)C3(F)F. The third-order valence-electron chi connectivity index (χ3n) is 5.06. The number of hydrogen-bond acceptors (Lipinski definition) is 0. The predicted octanol–water partition coefficient (Wildman–Crippen LogP) is 4.58. The van der Waals surface area contributed by atoms with Crippen LogP contribution in [0.15, 0.2) is 0 Å². The Morgan fingerprint density at radius 2 is 0.480 bits per heavy atom. The lowest BCUT2D eigenvalue weighted by atomic mass is 9.42. The maximum atomic E-state index is 14.0. The van der Waals surface area contributed by atoms with Gasteiger partial charge in [0.25, 0.3) is 0 Å². The first-order chi connectivity index (χ1) is 10.6. The Bertz CT molecular complexity index is 551. The second-order valence-corrected chi connectivity index (χ2v) is 6.00. The molecule has 4 fully saturated rings. The Morgan fingerprint density at radius 1 is 0.320 bits per heavy atom. The van der Waals surface area contributed by atoms with Gasteiger partial charge in [0.15, 0.2) is 5.92 Å². The third kappa shape index (κ3) is 1.05. The minimum Gasteiger partial charge on any atom is -0.223 e. The van der Waals surface area contributed by atoms with Crippen molar-refractivity contribution in [2.24, 2.45) is 5.92 Å². The molecule has 25 heavy (non-hydrogen) atoms. The lowest BCUT2D eigenvalue weighted by Gasteiger charge is -2.71. The molecule has 0 nitrogen and oxygen atoms in total. The number of alkyl halides is 15. The van der Waals surface area contributed by atoms with Crippen LogP contribution in [-0.4, -0.2) is 52.5 Å². The van der Waals surface area contributed by atoms with Crippen LogP contribution in [0.3, 0.4) is 0 Å². The van der Waals surface area contributed by atoms with Gasteiger partial charge in [-0.3, -0.25) is 0 Å². The Kier molecular flexibility index (Phi) is 2.65. The molecule has 0 unspecified atom stereocenters. The molecule has 0 saturated heterocycles. The third-order valence-corrected chi connectivity index (χ3v) is 5.06. The minimum absolute atomic E-state index is 5.86. The molecule has 0 aromatic rings. The van der Waals surface area contributed by atoms with E-state index in [1.807, 2.05) is 0 Å². The summed E-state index contributed by atoms with van der Waals surface area (Å²) >= 11 is 0. The summed E-state index contributed by atoms with van der Waals surface area (Å²) in [5.41, 5.74) is -22.2. The Balaban J connectivity index is 2.64.